The van der Waals surface area contributed by atoms with E-state index in [1.54, 1.807) is 18.3 Å². The molecule has 10 heteroatoms. The standard InChI is InChI=1S/C32H40ClN5O4/c1-23-15-25(17-27(33)16-23)29(19-31(40)37-22-34)38-32(41)26(21-42-20-24-9-3-2-4-10-24)18-28(39)11-5-7-13-35-30-12-6-8-14-36-30/h2-4,6,8-10,12,14-17,26,29H,5,7,11,13,18-22,34H2,1H3,(H,35,36)(H,37,40)(H,38,41). The normalized spacial score (nSPS) is 12.3. The smallest absolute Gasteiger partial charge is 0.226 e. The van der Waals surface area contributed by atoms with Crippen molar-refractivity contribution >= 4 is 35.0 Å². The van der Waals surface area contributed by atoms with E-state index in [9.17, 15) is 14.4 Å². The first-order valence-electron chi connectivity index (χ1n) is 14.2. The molecule has 0 aliphatic heterocycles. The molecule has 1 heterocycles. The molecule has 0 radical (unpaired) electrons. The summed E-state index contributed by atoms with van der Waals surface area (Å²) < 4.78 is 5.89. The molecule has 224 valence electrons. The van der Waals surface area contributed by atoms with E-state index in [0.29, 0.717) is 36.6 Å². The van der Waals surface area contributed by atoms with Crippen molar-refractivity contribution in [2.24, 2.45) is 11.7 Å². The van der Waals surface area contributed by atoms with Crippen molar-refractivity contribution in [2.75, 3.05) is 25.1 Å². The zero-order valence-electron chi connectivity index (χ0n) is 24.0. The molecular formula is C32H40ClN5O4. The third kappa shape index (κ3) is 12.0. The second-order valence-electron chi connectivity index (χ2n) is 10.2. The van der Waals surface area contributed by atoms with Gasteiger partial charge in [0.1, 0.15) is 11.6 Å². The van der Waals surface area contributed by atoms with Crippen molar-refractivity contribution in [3.8, 4) is 0 Å². The number of rotatable bonds is 18. The van der Waals surface area contributed by atoms with E-state index in [4.69, 9.17) is 22.1 Å². The molecule has 0 fully saturated rings. The molecule has 0 saturated heterocycles. The quantitative estimate of drug-likeness (QED) is 0.124. The van der Waals surface area contributed by atoms with Gasteiger partial charge in [0.15, 0.2) is 0 Å². The summed E-state index contributed by atoms with van der Waals surface area (Å²) in [6.45, 7) is 2.94. The number of halogens is 1. The number of hydrogen-bond donors (Lipinski definition) is 4. The van der Waals surface area contributed by atoms with Crippen LogP contribution in [0.15, 0.2) is 72.9 Å². The number of unbranched alkanes of at least 4 members (excludes halogenated alkanes) is 1. The van der Waals surface area contributed by atoms with Gasteiger partial charge in [-0.15, -0.1) is 0 Å². The Labute approximate surface area is 252 Å². The molecule has 2 unspecified atom stereocenters. The highest BCUT2D eigenvalue weighted by Crippen LogP contribution is 2.24. The first-order valence-corrected chi connectivity index (χ1v) is 14.5. The molecule has 2 amide bonds. The Morgan fingerprint density at radius 3 is 2.50 bits per heavy atom. The Bertz CT molecular complexity index is 1260. The van der Waals surface area contributed by atoms with E-state index >= 15 is 0 Å². The van der Waals surface area contributed by atoms with E-state index in [2.05, 4.69) is 20.9 Å². The highest BCUT2D eigenvalue weighted by atomic mass is 35.5. The number of nitrogens with two attached hydrogens (primary N) is 1. The predicted molar refractivity (Wildman–Crippen MR) is 165 cm³/mol. The molecule has 3 rings (SSSR count). The summed E-state index contributed by atoms with van der Waals surface area (Å²) in [5.74, 6) is -0.634. The average molecular weight is 594 g/mol. The number of aryl methyl sites for hydroxylation is 1. The molecule has 3 aromatic rings. The topological polar surface area (TPSA) is 135 Å². The summed E-state index contributed by atoms with van der Waals surface area (Å²) in [5.41, 5.74) is 8.04. The maximum atomic E-state index is 13.6. The van der Waals surface area contributed by atoms with E-state index < -0.39 is 12.0 Å². The number of hydrogen-bond acceptors (Lipinski definition) is 7. The van der Waals surface area contributed by atoms with Gasteiger partial charge >= 0.3 is 0 Å². The van der Waals surface area contributed by atoms with Crippen molar-refractivity contribution in [2.45, 2.75) is 51.7 Å². The largest absolute Gasteiger partial charge is 0.376 e. The number of pyridine rings is 1. The van der Waals surface area contributed by atoms with Gasteiger partial charge in [0.2, 0.25) is 11.8 Å². The fourth-order valence-corrected chi connectivity index (χ4v) is 4.81. The minimum absolute atomic E-state index is 0.0179. The van der Waals surface area contributed by atoms with Crippen LogP contribution < -0.4 is 21.7 Å². The van der Waals surface area contributed by atoms with Gasteiger partial charge in [0.25, 0.3) is 0 Å². The lowest BCUT2D eigenvalue weighted by Gasteiger charge is -2.23. The second-order valence-corrected chi connectivity index (χ2v) is 10.6. The summed E-state index contributed by atoms with van der Waals surface area (Å²) in [5, 5.41) is 9.28. The monoisotopic (exact) mass is 593 g/mol. The van der Waals surface area contributed by atoms with Crippen molar-refractivity contribution in [3.05, 3.63) is 94.6 Å². The predicted octanol–water partition coefficient (Wildman–Crippen LogP) is 4.70. The zero-order valence-corrected chi connectivity index (χ0v) is 24.7. The lowest BCUT2D eigenvalue weighted by Crippen LogP contribution is -2.40. The van der Waals surface area contributed by atoms with Crippen molar-refractivity contribution in [3.63, 3.8) is 0 Å². The fraction of sp³-hybridized carbons (Fsp3) is 0.375. The van der Waals surface area contributed by atoms with Gasteiger partial charge in [-0.3, -0.25) is 14.4 Å². The Morgan fingerprint density at radius 1 is 1.00 bits per heavy atom. The highest BCUT2D eigenvalue weighted by Gasteiger charge is 2.26. The minimum atomic E-state index is -0.729. The van der Waals surface area contributed by atoms with Crippen LogP contribution in [0.25, 0.3) is 0 Å². The minimum Gasteiger partial charge on any atom is -0.376 e. The molecule has 0 spiro atoms. The molecular weight excluding hydrogens is 554 g/mol. The number of ketones is 1. The summed E-state index contributed by atoms with van der Waals surface area (Å²) in [6, 6.07) is 20.0. The summed E-state index contributed by atoms with van der Waals surface area (Å²) >= 11 is 6.29. The van der Waals surface area contributed by atoms with Crippen LogP contribution in [-0.2, 0) is 25.7 Å². The second kappa shape index (κ2) is 17.9. The van der Waals surface area contributed by atoms with E-state index in [1.807, 2.05) is 61.5 Å². The van der Waals surface area contributed by atoms with Crippen LogP contribution in [-0.4, -0.2) is 42.4 Å². The number of benzene rings is 2. The Balaban J connectivity index is 1.64. The summed E-state index contributed by atoms with van der Waals surface area (Å²) in [4.78, 5) is 43.2. The van der Waals surface area contributed by atoms with Gasteiger partial charge in [-0.2, -0.15) is 0 Å². The molecule has 5 N–H and O–H groups in total. The molecule has 0 aliphatic rings. The number of anilines is 1. The lowest BCUT2D eigenvalue weighted by molar-refractivity contribution is -0.132. The van der Waals surface area contributed by atoms with Gasteiger partial charge in [-0.1, -0.05) is 54.1 Å². The maximum Gasteiger partial charge on any atom is 0.226 e. The number of aromatic nitrogens is 1. The number of nitrogens with zero attached hydrogens (tertiary/aromatic N) is 1. The average Bonchev–Trinajstić information content (AvgIpc) is 2.97. The Hall–Kier alpha value is -3.79. The van der Waals surface area contributed by atoms with Gasteiger partial charge in [-0.25, -0.2) is 4.98 Å². The van der Waals surface area contributed by atoms with Gasteiger partial charge in [0, 0.05) is 30.6 Å². The van der Waals surface area contributed by atoms with E-state index in [1.165, 1.54) is 0 Å². The highest BCUT2D eigenvalue weighted by molar-refractivity contribution is 6.30. The zero-order chi connectivity index (χ0) is 30.2. The number of ether oxygens (including phenoxy) is 1. The van der Waals surface area contributed by atoms with Gasteiger partial charge < -0.3 is 26.4 Å². The molecule has 0 aliphatic carbocycles. The number of carbonyl (C=O) groups excluding carboxylic acids is 3. The number of carbonyl (C=O) groups is 3. The number of Topliss-reactive ketones (excluding diaryl/α,β-unsaturated/α-hetero) is 1. The van der Waals surface area contributed by atoms with Crippen molar-refractivity contribution in [1.29, 1.82) is 0 Å². The number of nitrogens with one attached hydrogen (secondary N) is 3. The molecule has 2 aromatic carbocycles. The van der Waals surface area contributed by atoms with Gasteiger partial charge in [-0.05, 0) is 60.7 Å². The number of amides is 2. The van der Waals surface area contributed by atoms with Gasteiger partial charge in [0.05, 0.1) is 38.3 Å². The van der Waals surface area contributed by atoms with E-state index in [0.717, 1.165) is 23.4 Å². The van der Waals surface area contributed by atoms with Crippen molar-refractivity contribution in [1.82, 2.24) is 15.6 Å². The molecule has 0 saturated carbocycles. The van der Waals surface area contributed by atoms with Crippen LogP contribution in [0.5, 0.6) is 0 Å². The summed E-state index contributed by atoms with van der Waals surface area (Å²) in [6.07, 6.45) is 3.54. The Morgan fingerprint density at radius 2 is 1.79 bits per heavy atom. The maximum absolute atomic E-state index is 13.6. The van der Waals surface area contributed by atoms with Crippen LogP contribution in [0, 0.1) is 12.8 Å². The van der Waals surface area contributed by atoms with Crippen LogP contribution >= 0.6 is 11.6 Å². The molecule has 0 bridgehead atoms. The molecule has 42 heavy (non-hydrogen) atoms. The fourth-order valence-electron chi connectivity index (χ4n) is 4.51. The van der Waals surface area contributed by atoms with Crippen LogP contribution in [0.1, 0.15) is 54.8 Å². The molecule has 2 atom stereocenters. The third-order valence-corrected chi connectivity index (χ3v) is 6.82. The lowest BCUT2D eigenvalue weighted by atomic mass is 9.96. The van der Waals surface area contributed by atoms with Crippen LogP contribution in [0.3, 0.4) is 0 Å². The Kier molecular flexibility index (Phi) is 13.9. The molecule has 9 nitrogen and oxygen atoms in total. The SMILES string of the molecule is Cc1cc(Cl)cc(C(CC(=O)NCN)NC(=O)C(COCc2ccccc2)CC(=O)CCCCNc2ccccn2)c1. The summed E-state index contributed by atoms with van der Waals surface area (Å²) in [7, 11) is 0. The van der Waals surface area contributed by atoms with Crippen LogP contribution in [0.4, 0.5) is 5.82 Å². The first kappa shape index (κ1) is 32.7. The first-order chi connectivity index (χ1) is 20.3. The van der Waals surface area contributed by atoms with E-state index in [-0.39, 0.29) is 43.7 Å². The third-order valence-electron chi connectivity index (χ3n) is 6.60. The van der Waals surface area contributed by atoms with Crippen molar-refractivity contribution < 1.29 is 19.1 Å². The molecule has 1 aromatic heterocycles. The van der Waals surface area contributed by atoms with Crippen LogP contribution in [0.2, 0.25) is 5.02 Å².